The van der Waals surface area contributed by atoms with Crippen molar-refractivity contribution in [1.29, 1.82) is 0 Å². The monoisotopic (exact) mass is 282 g/mol. The molecule has 0 atom stereocenters. The molecule has 0 spiro atoms. The third kappa shape index (κ3) is 4.18. The summed E-state index contributed by atoms with van der Waals surface area (Å²) in [5.41, 5.74) is 0.892. The highest BCUT2D eigenvalue weighted by Crippen LogP contribution is 2.24. The normalized spacial score (nSPS) is 15.9. The Bertz CT molecular complexity index is 433. The number of nitrogens with zero attached hydrogens (tertiary/aromatic N) is 2. The molecule has 0 radical (unpaired) electrons. The molecule has 2 rings (SSSR count). The Labute approximate surface area is 118 Å². The van der Waals surface area contributed by atoms with Crippen LogP contribution in [0.3, 0.4) is 0 Å². The third-order valence-electron chi connectivity index (χ3n) is 3.54. The van der Waals surface area contributed by atoms with Gasteiger partial charge in [0.2, 0.25) is 0 Å². The molecule has 1 aliphatic carbocycles. The minimum absolute atomic E-state index is 0.200. The second kappa shape index (κ2) is 6.87. The van der Waals surface area contributed by atoms with Crippen molar-refractivity contribution >= 4 is 17.6 Å². The number of methoxy groups -OCH3 is 1. The van der Waals surface area contributed by atoms with E-state index < -0.39 is 0 Å². The first-order valence-electron chi connectivity index (χ1n) is 6.61. The Hall–Kier alpha value is -1.13. The van der Waals surface area contributed by atoms with Crippen molar-refractivity contribution in [3.8, 4) is 0 Å². The van der Waals surface area contributed by atoms with E-state index >= 15 is 0 Å². The van der Waals surface area contributed by atoms with Gasteiger partial charge in [0.15, 0.2) is 0 Å². The lowest BCUT2D eigenvalue weighted by molar-refractivity contribution is -0.142. The molecular weight excluding hydrogens is 264 g/mol. The Kier molecular flexibility index (Phi) is 5.16. The van der Waals surface area contributed by atoms with Crippen molar-refractivity contribution in [2.24, 2.45) is 0 Å². The first-order chi connectivity index (χ1) is 9.19. The van der Waals surface area contributed by atoms with Gasteiger partial charge in [-0.1, -0.05) is 30.5 Å². The van der Waals surface area contributed by atoms with Crippen LogP contribution in [-0.4, -0.2) is 35.5 Å². The van der Waals surface area contributed by atoms with Gasteiger partial charge in [-0.2, -0.15) is 0 Å². The zero-order valence-electron chi connectivity index (χ0n) is 11.1. The summed E-state index contributed by atoms with van der Waals surface area (Å²) in [7, 11) is 1.42. The molecule has 4 nitrogen and oxygen atoms in total. The van der Waals surface area contributed by atoms with Crippen LogP contribution in [0.15, 0.2) is 18.2 Å². The summed E-state index contributed by atoms with van der Waals surface area (Å²) in [5.74, 6) is -0.200. The molecule has 0 aliphatic heterocycles. The van der Waals surface area contributed by atoms with E-state index in [9.17, 15) is 4.79 Å². The maximum absolute atomic E-state index is 11.5. The van der Waals surface area contributed by atoms with Crippen LogP contribution < -0.4 is 0 Å². The Morgan fingerprint density at radius 3 is 2.84 bits per heavy atom. The standard InChI is InChI=1S/C14H19ClN2O2/c1-19-14(18)10-17(12-6-2-3-7-12)9-11-5-4-8-13(15)16-11/h4-5,8,12H,2-3,6-7,9-10H2,1H3. The molecule has 19 heavy (non-hydrogen) atoms. The third-order valence-corrected chi connectivity index (χ3v) is 3.75. The topological polar surface area (TPSA) is 42.4 Å². The smallest absolute Gasteiger partial charge is 0.319 e. The molecule has 0 N–H and O–H groups in total. The zero-order valence-corrected chi connectivity index (χ0v) is 11.9. The predicted molar refractivity (Wildman–Crippen MR) is 73.9 cm³/mol. The Morgan fingerprint density at radius 2 is 2.21 bits per heavy atom. The maximum atomic E-state index is 11.5. The van der Waals surface area contributed by atoms with Gasteiger partial charge in [0.05, 0.1) is 19.3 Å². The van der Waals surface area contributed by atoms with Crippen LogP contribution in [0.2, 0.25) is 5.15 Å². The quantitative estimate of drug-likeness (QED) is 0.615. The molecular formula is C14H19ClN2O2. The van der Waals surface area contributed by atoms with Gasteiger partial charge in [-0.15, -0.1) is 0 Å². The SMILES string of the molecule is COC(=O)CN(Cc1cccc(Cl)n1)C1CCCC1. The molecule has 5 heteroatoms. The number of ether oxygens (including phenoxy) is 1. The van der Waals surface area contributed by atoms with Crippen LogP contribution in [0, 0.1) is 0 Å². The molecule has 0 bridgehead atoms. The number of pyridine rings is 1. The van der Waals surface area contributed by atoms with E-state index in [2.05, 4.69) is 9.88 Å². The van der Waals surface area contributed by atoms with Crippen LogP contribution in [0.25, 0.3) is 0 Å². The minimum atomic E-state index is -0.200. The molecule has 1 aromatic heterocycles. The van der Waals surface area contributed by atoms with E-state index in [1.54, 1.807) is 6.07 Å². The molecule has 1 aliphatic rings. The van der Waals surface area contributed by atoms with Gasteiger partial charge in [0, 0.05) is 12.6 Å². The van der Waals surface area contributed by atoms with Crippen LogP contribution >= 0.6 is 11.6 Å². The Morgan fingerprint density at radius 1 is 1.47 bits per heavy atom. The lowest BCUT2D eigenvalue weighted by Crippen LogP contribution is -2.37. The van der Waals surface area contributed by atoms with E-state index in [1.807, 2.05) is 12.1 Å². The van der Waals surface area contributed by atoms with Gasteiger partial charge in [-0.3, -0.25) is 9.69 Å². The summed E-state index contributed by atoms with van der Waals surface area (Å²) >= 11 is 5.90. The average Bonchev–Trinajstić information content (AvgIpc) is 2.91. The fourth-order valence-corrected chi connectivity index (χ4v) is 2.74. The number of carbonyl (C=O) groups excluding carboxylic acids is 1. The van der Waals surface area contributed by atoms with Crippen LogP contribution in [-0.2, 0) is 16.1 Å². The van der Waals surface area contributed by atoms with Gasteiger partial charge in [0.25, 0.3) is 0 Å². The molecule has 1 aromatic rings. The number of hydrogen-bond donors (Lipinski definition) is 0. The first-order valence-corrected chi connectivity index (χ1v) is 6.99. The van der Waals surface area contributed by atoms with E-state index in [0.717, 1.165) is 18.5 Å². The van der Waals surface area contributed by atoms with Gasteiger partial charge in [-0.25, -0.2) is 4.98 Å². The van der Waals surface area contributed by atoms with Crippen molar-refractivity contribution in [2.45, 2.75) is 38.3 Å². The summed E-state index contributed by atoms with van der Waals surface area (Å²) in [4.78, 5) is 18.0. The zero-order chi connectivity index (χ0) is 13.7. The fraction of sp³-hybridized carbons (Fsp3) is 0.571. The molecule has 1 fully saturated rings. The highest BCUT2D eigenvalue weighted by molar-refractivity contribution is 6.29. The molecule has 1 heterocycles. The Balaban J connectivity index is 2.05. The summed E-state index contributed by atoms with van der Waals surface area (Å²) < 4.78 is 4.77. The van der Waals surface area contributed by atoms with Gasteiger partial charge < -0.3 is 4.74 Å². The fourth-order valence-electron chi connectivity index (χ4n) is 2.56. The second-order valence-corrected chi connectivity index (χ2v) is 5.26. The van der Waals surface area contributed by atoms with Crippen molar-refractivity contribution in [3.05, 3.63) is 29.0 Å². The largest absolute Gasteiger partial charge is 0.468 e. The van der Waals surface area contributed by atoms with Gasteiger partial charge in [-0.05, 0) is 25.0 Å². The van der Waals surface area contributed by atoms with Crippen molar-refractivity contribution < 1.29 is 9.53 Å². The van der Waals surface area contributed by atoms with E-state index in [-0.39, 0.29) is 5.97 Å². The number of halogens is 1. The van der Waals surface area contributed by atoms with Crippen LogP contribution in [0.4, 0.5) is 0 Å². The van der Waals surface area contributed by atoms with E-state index in [4.69, 9.17) is 16.3 Å². The molecule has 104 valence electrons. The van der Waals surface area contributed by atoms with Gasteiger partial charge >= 0.3 is 5.97 Å². The van der Waals surface area contributed by atoms with Crippen molar-refractivity contribution in [3.63, 3.8) is 0 Å². The minimum Gasteiger partial charge on any atom is -0.468 e. The van der Waals surface area contributed by atoms with E-state index in [0.29, 0.717) is 24.3 Å². The number of hydrogen-bond acceptors (Lipinski definition) is 4. The van der Waals surface area contributed by atoms with Crippen molar-refractivity contribution in [2.75, 3.05) is 13.7 Å². The summed E-state index contributed by atoms with van der Waals surface area (Å²) in [6.45, 7) is 0.954. The lowest BCUT2D eigenvalue weighted by atomic mass is 10.2. The number of rotatable bonds is 5. The number of aromatic nitrogens is 1. The van der Waals surface area contributed by atoms with Crippen LogP contribution in [0.1, 0.15) is 31.4 Å². The number of carbonyl (C=O) groups is 1. The maximum Gasteiger partial charge on any atom is 0.319 e. The summed E-state index contributed by atoms with van der Waals surface area (Å²) in [5, 5.41) is 0.488. The average molecular weight is 283 g/mol. The summed E-state index contributed by atoms with van der Waals surface area (Å²) in [6.07, 6.45) is 4.73. The highest BCUT2D eigenvalue weighted by Gasteiger charge is 2.25. The van der Waals surface area contributed by atoms with Crippen molar-refractivity contribution in [1.82, 2.24) is 9.88 Å². The van der Waals surface area contributed by atoms with Gasteiger partial charge in [0.1, 0.15) is 5.15 Å². The number of esters is 1. The summed E-state index contributed by atoms with van der Waals surface area (Å²) in [6, 6.07) is 6.02. The van der Waals surface area contributed by atoms with Crippen LogP contribution in [0.5, 0.6) is 0 Å². The molecule has 1 saturated carbocycles. The first kappa shape index (κ1) is 14.3. The van der Waals surface area contributed by atoms with E-state index in [1.165, 1.54) is 20.0 Å². The molecule has 0 unspecified atom stereocenters. The highest BCUT2D eigenvalue weighted by atomic mass is 35.5. The molecule has 0 saturated heterocycles. The second-order valence-electron chi connectivity index (χ2n) is 4.87. The molecule has 0 amide bonds. The predicted octanol–water partition coefficient (Wildman–Crippen LogP) is 2.65. The molecule has 0 aromatic carbocycles. The lowest BCUT2D eigenvalue weighted by Gasteiger charge is -2.27.